The van der Waals surface area contributed by atoms with Crippen LogP contribution in [0.4, 0.5) is 0 Å². The molecule has 5 rings (SSSR count). The van der Waals surface area contributed by atoms with Gasteiger partial charge in [0, 0.05) is 16.8 Å². The average Bonchev–Trinajstić information content (AvgIpc) is 3.39. The Morgan fingerprint density at radius 2 is 1.84 bits per heavy atom. The van der Waals surface area contributed by atoms with Gasteiger partial charge < -0.3 is 5.11 Å². The number of benzene rings is 2. The summed E-state index contributed by atoms with van der Waals surface area (Å²) in [6, 6.07) is 18.1. The van der Waals surface area contributed by atoms with Gasteiger partial charge in [0.15, 0.2) is 0 Å². The summed E-state index contributed by atoms with van der Waals surface area (Å²) in [6.45, 7) is 0.345. The smallest absolute Gasteiger partial charge is 0.337 e. The molecule has 0 radical (unpaired) electrons. The number of carboxylic acids is 1. The number of halogens is 2. The molecule has 0 aliphatic heterocycles. The lowest BCUT2D eigenvalue weighted by atomic mass is 10.1. The number of rotatable bonds is 5. The van der Waals surface area contributed by atoms with Crippen LogP contribution < -0.4 is 0 Å². The maximum atomic E-state index is 11.4. The third kappa shape index (κ3) is 3.72. The van der Waals surface area contributed by atoms with E-state index < -0.39 is 5.97 Å². The minimum atomic E-state index is -1.07. The van der Waals surface area contributed by atoms with Gasteiger partial charge >= 0.3 is 5.97 Å². The number of nitrogens with zero attached hydrogens (tertiary/aromatic N) is 5. The molecule has 0 spiro atoms. The van der Waals surface area contributed by atoms with Gasteiger partial charge in [0.2, 0.25) is 0 Å². The van der Waals surface area contributed by atoms with Crippen LogP contribution in [0.1, 0.15) is 15.9 Å². The highest BCUT2D eigenvalue weighted by atomic mass is 35.5. The van der Waals surface area contributed by atoms with Crippen LogP contribution in [0, 0.1) is 0 Å². The zero-order valence-corrected chi connectivity index (χ0v) is 18.0. The quantitative estimate of drug-likeness (QED) is 0.381. The molecule has 0 fully saturated rings. The Morgan fingerprint density at radius 1 is 1.03 bits per heavy atom. The highest BCUT2D eigenvalue weighted by Crippen LogP contribution is 2.32. The van der Waals surface area contributed by atoms with E-state index in [4.69, 9.17) is 28.2 Å². The van der Waals surface area contributed by atoms with Crippen molar-refractivity contribution >= 4 is 34.8 Å². The van der Waals surface area contributed by atoms with Gasteiger partial charge in [0.1, 0.15) is 17.0 Å². The number of aromatic carboxylic acids is 1. The van der Waals surface area contributed by atoms with Gasteiger partial charge in [-0.2, -0.15) is 0 Å². The molecule has 7 nitrogen and oxygen atoms in total. The Bertz CT molecular complexity index is 1460. The summed E-state index contributed by atoms with van der Waals surface area (Å²) in [5.74, 6) is -1.07. The van der Waals surface area contributed by atoms with E-state index in [9.17, 15) is 9.90 Å². The third-order valence-corrected chi connectivity index (χ3v) is 5.62. The molecule has 0 aliphatic carbocycles. The van der Waals surface area contributed by atoms with E-state index in [1.54, 1.807) is 22.9 Å². The van der Waals surface area contributed by atoms with Crippen molar-refractivity contribution in [2.75, 3.05) is 0 Å². The van der Waals surface area contributed by atoms with Crippen molar-refractivity contribution in [1.29, 1.82) is 0 Å². The zero-order valence-electron chi connectivity index (χ0n) is 16.5. The Morgan fingerprint density at radius 3 is 2.62 bits per heavy atom. The van der Waals surface area contributed by atoms with Crippen LogP contribution in [-0.2, 0) is 6.54 Å². The number of fused-ring (bicyclic) bond motifs is 1. The van der Waals surface area contributed by atoms with Crippen molar-refractivity contribution in [3.05, 3.63) is 94.2 Å². The summed E-state index contributed by atoms with van der Waals surface area (Å²) in [4.78, 5) is 16.2. The average molecular weight is 464 g/mol. The molecular formula is C23H15Cl2N5O2. The lowest BCUT2D eigenvalue weighted by Gasteiger charge is -2.04. The molecule has 1 N–H and O–H groups in total. The van der Waals surface area contributed by atoms with E-state index in [1.807, 2.05) is 59.3 Å². The van der Waals surface area contributed by atoms with Crippen molar-refractivity contribution in [1.82, 2.24) is 24.4 Å². The Labute approximate surface area is 192 Å². The summed E-state index contributed by atoms with van der Waals surface area (Å²) in [5, 5.41) is 18.8. The van der Waals surface area contributed by atoms with E-state index in [0.29, 0.717) is 17.3 Å². The first-order chi connectivity index (χ1) is 15.5. The van der Waals surface area contributed by atoms with Crippen LogP contribution >= 0.6 is 23.2 Å². The van der Waals surface area contributed by atoms with Gasteiger partial charge in [0.05, 0.1) is 29.0 Å². The number of pyridine rings is 1. The first-order valence-corrected chi connectivity index (χ1v) is 10.4. The predicted molar refractivity (Wildman–Crippen MR) is 122 cm³/mol. The largest absolute Gasteiger partial charge is 0.478 e. The predicted octanol–water partition coefficient (Wildman–Crippen LogP) is 5.31. The van der Waals surface area contributed by atoms with E-state index >= 15 is 0 Å². The highest BCUT2D eigenvalue weighted by Gasteiger charge is 2.19. The first kappa shape index (κ1) is 20.2. The molecule has 3 aromatic heterocycles. The number of carbonyl (C=O) groups is 1. The van der Waals surface area contributed by atoms with Gasteiger partial charge in [-0.3, -0.25) is 4.40 Å². The van der Waals surface area contributed by atoms with Crippen LogP contribution in [0.25, 0.3) is 28.3 Å². The normalized spacial score (nSPS) is 11.2. The lowest BCUT2D eigenvalue weighted by Crippen LogP contribution is -2.03. The van der Waals surface area contributed by atoms with Crippen LogP contribution in [0.15, 0.2) is 73.1 Å². The number of aromatic nitrogens is 5. The van der Waals surface area contributed by atoms with Gasteiger partial charge in [-0.25, -0.2) is 14.5 Å². The summed E-state index contributed by atoms with van der Waals surface area (Å²) < 4.78 is 3.61. The SMILES string of the molecule is O=C(O)c1cc(Cn2cc(-c3c(-c4ccc(Cl)cc4)nc4ccccn34)nn2)ccc1Cl. The van der Waals surface area contributed by atoms with Crippen LogP contribution in [0.5, 0.6) is 0 Å². The van der Waals surface area contributed by atoms with Crippen LogP contribution in [0.3, 0.4) is 0 Å². The molecule has 0 saturated carbocycles. The second-order valence-corrected chi connectivity index (χ2v) is 8.01. The number of carboxylic acid groups (broad SMARTS) is 1. The second-order valence-electron chi connectivity index (χ2n) is 7.17. The third-order valence-electron chi connectivity index (χ3n) is 5.03. The Balaban J connectivity index is 1.56. The topological polar surface area (TPSA) is 85.3 Å². The fourth-order valence-electron chi connectivity index (χ4n) is 3.56. The van der Waals surface area contributed by atoms with Gasteiger partial charge in [0.25, 0.3) is 0 Å². The molecule has 158 valence electrons. The maximum Gasteiger partial charge on any atom is 0.337 e. The lowest BCUT2D eigenvalue weighted by molar-refractivity contribution is 0.0697. The van der Waals surface area contributed by atoms with E-state index in [2.05, 4.69) is 10.3 Å². The minimum absolute atomic E-state index is 0.0521. The molecular weight excluding hydrogens is 449 g/mol. The molecule has 0 saturated heterocycles. The van der Waals surface area contributed by atoms with Crippen molar-refractivity contribution in [3.63, 3.8) is 0 Å². The molecule has 9 heteroatoms. The first-order valence-electron chi connectivity index (χ1n) is 9.65. The van der Waals surface area contributed by atoms with Crippen molar-refractivity contribution in [3.8, 4) is 22.6 Å². The van der Waals surface area contributed by atoms with E-state index in [-0.39, 0.29) is 10.6 Å². The number of hydrogen-bond acceptors (Lipinski definition) is 4. The van der Waals surface area contributed by atoms with Gasteiger partial charge in [-0.05, 0) is 42.0 Å². The maximum absolute atomic E-state index is 11.4. The van der Waals surface area contributed by atoms with Crippen molar-refractivity contribution in [2.24, 2.45) is 0 Å². The van der Waals surface area contributed by atoms with Crippen molar-refractivity contribution in [2.45, 2.75) is 6.54 Å². The van der Waals surface area contributed by atoms with Crippen molar-refractivity contribution < 1.29 is 9.90 Å². The second kappa shape index (κ2) is 8.11. The van der Waals surface area contributed by atoms with E-state index in [1.165, 1.54) is 0 Å². The molecule has 2 aromatic carbocycles. The van der Waals surface area contributed by atoms with Crippen LogP contribution in [-0.4, -0.2) is 35.5 Å². The van der Waals surface area contributed by atoms with E-state index in [0.717, 1.165) is 28.2 Å². The fourth-order valence-corrected chi connectivity index (χ4v) is 3.88. The molecule has 0 amide bonds. The fraction of sp³-hybridized carbons (Fsp3) is 0.0435. The Hall–Kier alpha value is -3.68. The molecule has 0 atom stereocenters. The summed E-state index contributed by atoms with van der Waals surface area (Å²) in [6.07, 6.45) is 3.74. The van der Waals surface area contributed by atoms with Crippen LogP contribution in [0.2, 0.25) is 10.0 Å². The number of hydrogen-bond donors (Lipinski definition) is 1. The number of imidazole rings is 1. The summed E-state index contributed by atoms with van der Waals surface area (Å²) in [5.41, 5.74) is 4.70. The summed E-state index contributed by atoms with van der Waals surface area (Å²) in [7, 11) is 0. The zero-order chi connectivity index (χ0) is 22.2. The minimum Gasteiger partial charge on any atom is -0.478 e. The highest BCUT2D eigenvalue weighted by molar-refractivity contribution is 6.33. The molecule has 3 heterocycles. The van der Waals surface area contributed by atoms with Gasteiger partial charge in [-0.15, -0.1) is 5.10 Å². The standard InChI is InChI=1S/C23H15Cl2N5O2/c24-16-7-5-15(6-8-16)21-22(30-10-2-1-3-20(30)26-21)19-13-29(28-27-19)12-14-4-9-18(25)17(11-14)23(31)32/h1-11,13H,12H2,(H,31,32). The molecule has 32 heavy (non-hydrogen) atoms. The van der Waals surface area contributed by atoms with Gasteiger partial charge in [-0.1, -0.05) is 52.7 Å². The monoisotopic (exact) mass is 463 g/mol. The molecule has 0 aliphatic rings. The molecule has 5 aromatic rings. The molecule has 0 bridgehead atoms. The Kier molecular flexibility index (Phi) is 5.13. The molecule has 0 unspecified atom stereocenters. The summed E-state index contributed by atoms with van der Waals surface area (Å²) >= 11 is 12.0.